The lowest BCUT2D eigenvalue weighted by Crippen LogP contribution is -2.10. The van der Waals surface area contributed by atoms with Crippen molar-refractivity contribution in [1.29, 1.82) is 0 Å². The molecule has 0 saturated carbocycles. The molecule has 0 unspecified atom stereocenters. The van der Waals surface area contributed by atoms with Crippen LogP contribution in [-0.2, 0) is 10.1 Å². The SMILES string of the molecule is Cc1ccc2[nH]c3cc4c(=O)c5cc(S(=O)(=O)O)c(C)cc5[nH]c4cc3c(=O)c2c1. The highest BCUT2D eigenvalue weighted by molar-refractivity contribution is 7.85. The van der Waals surface area contributed by atoms with Crippen LogP contribution in [0.15, 0.2) is 56.9 Å². The highest BCUT2D eigenvalue weighted by atomic mass is 32.2. The molecule has 0 fully saturated rings. The van der Waals surface area contributed by atoms with Gasteiger partial charge in [-0.25, -0.2) is 0 Å². The number of nitrogens with one attached hydrogen (secondary N) is 2. The third-order valence-electron chi connectivity index (χ3n) is 5.44. The summed E-state index contributed by atoms with van der Waals surface area (Å²) in [6.07, 6.45) is 0. The second-order valence-electron chi connectivity index (χ2n) is 7.54. The van der Waals surface area contributed by atoms with E-state index in [4.69, 9.17) is 0 Å². The average molecular weight is 420 g/mol. The van der Waals surface area contributed by atoms with Gasteiger partial charge in [0, 0.05) is 27.1 Å². The minimum Gasteiger partial charge on any atom is -0.354 e. The zero-order chi connectivity index (χ0) is 21.4. The summed E-state index contributed by atoms with van der Waals surface area (Å²) in [6, 6.07) is 11.4. The minimum absolute atomic E-state index is 0.136. The Morgan fingerprint density at radius 2 is 1.20 bits per heavy atom. The smallest absolute Gasteiger partial charge is 0.294 e. The Bertz CT molecular complexity index is 1780. The van der Waals surface area contributed by atoms with E-state index in [-0.39, 0.29) is 15.7 Å². The number of rotatable bonds is 1. The largest absolute Gasteiger partial charge is 0.354 e. The molecule has 5 rings (SSSR count). The fourth-order valence-corrected chi connectivity index (χ4v) is 4.71. The Hall–Kier alpha value is -3.49. The maximum atomic E-state index is 13.1. The molecule has 0 aliphatic heterocycles. The van der Waals surface area contributed by atoms with Crippen LogP contribution in [0.3, 0.4) is 0 Å². The van der Waals surface area contributed by atoms with Crippen molar-refractivity contribution in [3.8, 4) is 0 Å². The van der Waals surface area contributed by atoms with E-state index in [1.807, 2.05) is 25.1 Å². The van der Waals surface area contributed by atoms with Gasteiger partial charge < -0.3 is 9.97 Å². The first-order valence-electron chi connectivity index (χ1n) is 9.18. The van der Waals surface area contributed by atoms with Crippen molar-refractivity contribution in [3.63, 3.8) is 0 Å². The monoisotopic (exact) mass is 420 g/mol. The van der Waals surface area contributed by atoms with Crippen LogP contribution in [0.4, 0.5) is 0 Å². The minimum atomic E-state index is -4.46. The number of benzene rings is 3. The van der Waals surface area contributed by atoms with Crippen molar-refractivity contribution in [2.45, 2.75) is 18.7 Å². The number of H-pyrrole nitrogens is 2. The number of aryl methyl sites for hydroxylation is 2. The summed E-state index contributed by atoms with van der Waals surface area (Å²) in [5.74, 6) is 0. The van der Waals surface area contributed by atoms with Gasteiger partial charge in [-0.2, -0.15) is 8.42 Å². The van der Waals surface area contributed by atoms with Crippen LogP contribution in [0.5, 0.6) is 0 Å². The number of pyridine rings is 2. The predicted octanol–water partition coefficient (Wildman–Crippen LogP) is 3.54. The average Bonchev–Trinajstić information content (AvgIpc) is 2.67. The summed E-state index contributed by atoms with van der Waals surface area (Å²) in [5, 5.41) is 1.46. The summed E-state index contributed by atoms with van der Waals surface area (Å²) in [4.78, 5) is 32.2. The van der Waals surface area contributed by atoms with Crippen LogP contribution in [0.2, 0.25) is 0 Å². The summed E-state index contributed by atoms with van der Waals surface area (Å²) in [6.45, 7) is 3.45. The quantitative estimate of drug-likeness (QED) is 0.283. The molecule has 0 amide bonds. The summed E-state index contributed by atoms with van der Waals surface area (Å²) < 4.78 is 32.7. The molecule has 30 heavy (non-hydrogen) atoms. The lowest BCUT2D eigenvalue weighted by molar-refractivity contribution is 0.482. The molecule has 8 heteroatoms. The Labute approximate surface area is 169 Å². The fourth-order valence-electron chi connectivity index (χ4n) is 3.97. The molecule has 0 atom stereocenters. The third kappa shape index (κ3) is 2.65. The molecule has 0 spiro atoms. The zero-order valence-electron chi connectivity index (χ0n) is 16.0. The van der Waals surface area contributed by atoms with Crippen LogP contribution in [-0.4, -0.2) is 22.9 Å². The normalized spacial score (nSPS) is 12.4. The molecule has 7 nitrogen and oxygen atoms in total. The first-order chi connectivity index (χ1) is 14.1. The van der Waals surface area contributed by atoms with Crippen molar-refractivity contribution in [3.05, 3.63) is 74.0 Å². The van der Waals surface area contributed by atoms with Gasteiger partial charge in [-0.15, -0.1) is 0 Å². The molecule has 0 aliphatic carbocycles. The van der Waals surface area contributed by atoms with Gasteiger partial charge in [0.2, 0.25) is 0 Å². The number of fused-ring (bicyclic) bond motifs is 4. The lowest BCUT2D eigenvalue weighted by Gasteiger charge is -2.09. The number of hydrogen-bond acceptors (Lipinski definition) is 4. The highest BCUT2D eigenvalue weighted by Crippen LogP contribution is 2.25. The van der Waals surface area contributed by atoms with Gasteiger partial charge in [-0.05, 0) is 55.8 Å². The van der Waals surface area contributed by atoms with Gasteiger partial charge in [0.25, 0.3) is 10.1 Å². The van der Waals surface area contributed by atoms with Gasteiger partial charge >= 0.3 is 0 Å². The molecule has 2 heterocycles. The summed E-state index contributed by atoms with van der Waals surface area (Å²) >= 11 is 0. The molecule has 3 aromatic carbocycles. The Balaban J connectivity index is 1.95. The molecule has 0 bridgehead atoms. The fraction of sp³-hybridized carbons (Fsp3) is 0.0909. The van der Waals surface area contributed by atoms with Crippen molar-refractivity contribution >= 4 is 53.7 Å². The molecule has 5 aromatic rings. The summed E-state index contributed by atoms with van der Waals surface area (Å²) in [5.41, 5.74) is 2.81. The molecule has 150 valence electrons. The topological polar surface area (TPSA) is 120 Å². The Kier molecular flexibility index (Phi) is 3.71. The molecule has 3 N–H and O–H groups in total. The predicted molar refractivity (Wildman–Crippen MR) is 117 cm³/mol. The zero-order valence-corrected chi connectivity index (χ0v) is 16.8. The van der Waals surface area contributed by atoms with E-state index in [9.17, 15) is 22.6 Å². The van der Waals surface area contributed by atoms with Crippen LogP contribution in [0.1, 0.15) is 11.1 Å². The second kappa shape index (κ2) is 6.01. The number of hydrogen-bond donors (Lipinski definition) is 3. The van der Waals surface area contributed by atoms with Crippen molar-refractivity contribution in [2.24, 2.45) is 0 Å². The molecular weight excluding hydrogens is 404 g/mol. The van der Waals surface area contributed by atoms with E-state index in [1.54, 1.807) is 12.1 Å². The molecule has 0 aliphatic rings. The molecule has 0 saturated heterocycles. The molecule has 0 radical (unpaired) electrons. The lowest BCUT2D eigenvalue weighted by atomic mass is 10.0. The van der Waals surface area contributed by atoms with E-state index < -0.39 is 15.5 Å². The maximum absolute atomic E-state index is 13.1. The Morgan fingerprint density at radius 3 is 1.80 bits per heavy atom. The van der Waals surface area contributed by atoms with Crippen LogP contribution in [0, 0.1) is 13.8 Å². The van der Waals surface area contributed by atoms with E-state index in [0.717, 1.165) is 5.56 Å². The van der Waals surface area contributed by atoms with Crippen LogP contribution >= 0.6 is 0 Å². The first kappa shape index (κ1) is 18.5. The number of aromatic nitrogens is 2. The summed E-state index contributed by atoms with van der Waals surface area (Å²) in [7, 11) is -4.46. The molecule has 2 aromatic heterocycles. The van der Waals surface area contributed by atoms with Gasteiger partial charge in [-0.3, -0.25) is 14.1 Å². The third-order valence-corrected chi connectivity index (χ3v) is 6.44. The van der Waals surface area contributed by atoms with Crippen molar-refractivity contribution < 1.29 is 13.0 Å². The van der Waals surface area contributed by atoms with Gasteiger partial charge in [0.05, 0.1) is 21.4 Å². The standard InChI is InChI=1S/C22H16N2O5S/c1-10-3-4-16-12(5-10)21(25)13-8-19-14(7-18(13)23-16)22(26)15-9-20(30(27,28)29)11(2)6-17(15)24-19/h3-9H,1-2H3,(H,23,25)(H,24,26)(H,27,28,29). The Morgan fingerprint density at radius 1 is 0.700 bits per heavy atom. The number of aromatic amines is 2. The molecular formula is C22H16N2O5S. The first-order valence-corrected chi connectivity index (χ1v) is 10.6. The van der Waals surface area contributed by atoms with E-state index in [0.29, 0.717) is 43.8 Å². The van der Waals surface area contributed by atoms with E-state index in [1.165, 1.54) is 19.1 Å². The van der Waals surface area contributed by atoms with Gasteiger partial charge in [0.15, 0.2) is 10.9 Å². The van der Waals surface area contributed by atoms with E-state index >= 15 is 0 Å². The van der Waals surface area contributed by atoms with Gasteiger partial charge in [0.1, 0.15) is 0 Å². The second-order valence-corrected chi connectivity index (χ2v) is 8.93. The van der Waals surface area contributed by atoms with Crippen molar-refractivity contribution in [2.75, 3.05) is 0 Å². The van der Waals surface area contributed by atoms with Crippen molar-refractivity contribution in [1.82, 2.24) is 9.97 Å². The van der Waals surface area contributed by atoms with Gasteiger partial charge in [-0.1, -0.05) is 11.6 Å². The maximum Gasteiger partial charge on any atom is 0.294 e. The van der Waals surface area contributed by atoms with Crippen LogP contribution < -0.4 is 10.9 Å². The van der Waals surface area contributed by atoms with E-state index in [2.05, 4.69) is 9.97 Å². The highest BCUT2D eigenvalue weighted by Gasteiger charge is 2.17. The van der Waals surface area contributed by atoms with Crippen LogP contribution in [0.25, 0.3) is 43.6 Å².